The quantitative estimate of drug-likeness (QED) is 0.925. The van der Waals surface area contributed by atoms with Crippen LogP contribution in [0, 0.1) is 5.82 Å². The van der Waals surface area contributed by atoms with Crippen molar-refractivity contribution < 1.29 is 9.13 Å². The molecule has 1 heterocycles. The summed E-state index contributed by atoms with van der Waals surface area (Å²) >= 11 is 3.38. The van der Waals surface area contributed by atoms with E-state index in [4.69, 9.17) is 4.74 Å². The molecular weight excluding hydrogens is 285 g/mol. The lowest BCUT2D eigenvalue weighted by Crippen LogP contribution is -2.48. The number of hydrogen-bond acceptors (Lipinski definition) is 2. The highest BCUT2D eigenvalue weighted by molar-refractivity contribution is 9.10. The van der Waals surface area contributed by atoms with Crippen molar-refractivity contribution in [3.63, 3.8) is 0 Å². The average Bonchev–Trinajstić information content (AvgIpc) is 2.29. The number of benzene rings is 1. The van der Waals surface area contributed by atoms with Crippen LogP contribution in [-0.4, -0.2) is 18.8 Å². The molecule has 0 radical (unpaired) electrons. The molecule has 2 rings (SSSR count). The van der Waals surface area contributed by atoms with Crippen LogP contribution in [0.15, 0.2) is 22.7 Å². The molecule has 1 saturated heterocycles. The third-order valence-electron chi connectivity index (χ3n) is 3.16. The van der Waals surface area contributed by atoms with E-state index in [-0.39, 0.29) is 11.4 Å². The number of hydrogen-bond donors (Lipinski definition) is 1. The third-order valence-corrected chi connectivity index (χ3v) is 3.90. The Labute approximate surface area is 110 Å². The topological polar surface area (TPSA) is 21.3 Å². The molecule has 0 bridgehead atoms. The number of rotatable bonds is 3. The molecule has 4 heteroatoms. The molecule has 0 amide bonds. The predicted octanol–water partition coefficient (Wildman–Crippen LogP) is 3.25. The van der Waals surface area contributed by atoms with E-state index < -0.39 is 0 Å². The molecule has 17 heavy (non-hydrogen) atoms. The van der Waals surface area contributed by atoms with Gasteiger partial charge in [-0.3, -0.25) is 0 Å². The van der Waals surface area contributed by atoms with Gasteiger partial charge < -0.3 is 10.1 Å². The van der Waals surface area contributed by atoms with Gasteiger partial charge in [0.15, 0.2) is 0 Å². The first kappa shape index (κ1) is 13.0. The predicted molar refractivity (Wildman–Crippen MR) is 69.4 cm³/mol. The van der Waals surface area contributed by atoms with Crippen molar-refractivity contribution in [2.24, 2.45) is 0 Å². The van der Waals surface area contributed by atoms with Gasteiger partial charge in [-0.25, -0.2) is 4.39 Å². The van der Waals surface area contributed by atoms with Gasteiger partial charge in [-0.1, -0.05) is 22.0 Å². The molecule has 1 unspecified atom stereocenters. The SMILES string of the molecule is CC1(NCc2ccc(F)cc2Br)CCCOC1. The van der Waals surface area contributed by atoms with E-state index in [0.29, 0.717) is 0 Å². The molecule has 0 aromatic heterocycles. The fraction of sp³-hybridized carbons (Fsp3) is 0.538. The van der Waals surface area contributed by atoms with E-state index in [1.165, 1.54) is 12.1 Å². The summed E-state index contributed by atoms with van der Waals surface area (Å²) in [6.07, 6.45) is 2.21. The van der Waals surface area contributed by atoms with E-state index >= 15 is 0 Å². The van der Waals surface area contributed by atoms with Crippen molar-refractivity contribution in [1.29, 1.82) is 0 Å². The van der Waals surface area contributed by atoms with Crippen molar-refractivity contribution in [1.82, 2.24) is 5.32 Å². The van der Waals surface area contributed by atoms with E-state index in [2.05, 4.69) is 28.2 Å². The number of ether oxygens (including phenoxy) is 1. The normalized spacial score (nSPS) is 24.9. The maximum atomic E-state index is 12.9. The summed E-state index contributed by atoms with van der Waals surface area (Å²) in [5.41, 5.74) is 1.10. The lowest BCUT2D eigenvalue weighted by atomic mass is 9.94. The number of halogens is 2. The largest absolute Gasteiger partial charge is 0.380 e. The van der Waals surface area contributed by atoms with Crippen LogP contribution in [0.25, 0.3) is 0 Å². The second kappa shape index (κ2) is 5.46. The van der Waals surface area contributed by atoms with Crippen LogP contribution in [0.4, 0.5) is 4.39 Å². The van der Waals surface area contributed by atoms with Gasteiger partial charge in [-0.05, 0) is 37.5 Å². The van der Waals surface area contributed by atoms with Gasteiger partial charge in [-0.2, -0.15) is 0 Å². The molecule has 1 aliphatic rings. The molecule has 1 fully saturated rings. The first-order chi connectivity index (χ1) is 8.09. The van der Waals surface area contributed by atoms with Gasteiger partial charge in [0.1, 0.15) is 5.82 Å². The van der Waals surface area contributed by atoms with E-state index in [0.717, 1.165) is 42.6 Å². The van der Waals surface area contributed by atoms with Crippen molar-refractivity contribution in [3.05, 3.63) is 34.1 Å². The second-order valence-corrected chi connectivity index (χ2v) is 5.66. The fourth-order valence-electron chi connectivity index (χ4n) is 2.05. The molecule has 0 aliphatic carbocycles. The van der Waals surface area contributed by atoms with Crippen LogP contribution in [0.1, 0.15) is 25.3 Å². The third kappa shape index (κ3) is 3.50. The highest BCUT2D eigenvalue weighted by atomic mass is 79.9. The van der Waals surface area contributed by atoms with Gasteiger partial charge in [0.2, 0.25) is 0 Å². The smallest absolute Gasteiger partial charge is 0.124 e. The van der Waals surface area contributed by atoms with Gasteiger partial charge in [0.25, 0.3) is 0 Å². The summed E-state index contributed by atoms with van der Waals surface area (Å²) in [5, 5.41) is 3.50. The first-order valence-corrected chi connectivity index (χ1v) is 6.65. The Kier molecular flexibility index (Phi) is 4.17. The number of nitrogens with one attached hydrogen (secondary N) is 1. The van der Waals surface area contributed by atoms with Crippen LogP contribution in [0.5, 0.6) is 0 Å². The Balaban J connectivity index is 1.97. The van der Waals surface area contributed by atoms with E-state index in [1.54, 1.807) is 6.07 Å². The molecular formula is C13H17BrFNO. The van der Waals surface area contributed by atoms with Gasteiger partial charge in [0.05, 0.1) is 6.61 Å². The lowest BCUT2D eigenvalue weighted by molar-refractivity contribution is 0.0277. The Morgan fingerprint density at radius 2 is 2.35 bits per heavy atom. The molecule has 1 N–H and O–H groups in total. The van der Waals surface area contributed by atoms with Crippen molar-refractivity contribution >= 4 is 15.9 Å². The highest BCUT2D eigenvalue weighted by Gasteiger charge is 2.26. The Bertz CT molecular complexity index is 391. The summed E-state index contributed by atoms with van der Waals surface area (Å²) < 4.78 is 19.2. The van der Waals surface area contributed by atoms with Crippen LogP contribution >= 0.6 is 15.9 Å². The summed E-state index contributed by atoms with van der Waals surface area (Å²) in [5.74, 6) is -0.215. The molecule has 94 valence electrons. The minimum Gasteiger partial charge on any atom is -0.380 e. The Hall–Kier alpha value is -0.450. The molecule has 2 nitrogen and oxygen atoms in total. The maximum absolute atomic E-state index is 12.9. The molecule has 1 aliphatic heterocycles. The fourth-order valence-corrected chi connectivity index (χ4v) is 2.54. The zero-order valence-electron chi connectivity index (χ0n) is 9.93. The molecule has 1 aromatic rings. The summed E-state index contributed by atoms with van der Waals surface area (Å²) in [6.45, 7) is 4.49. The zero-order valence-corrected chi connectivity index (χ0v) is 11.5. The van der Waals surface area contributed by atoms with Gasteiger partial charge >= 0.3 is 0 Å². The van der Waals surface area contributed by atoms with Crippen LogP contribution in [-0.2, 0) is 11.3 Å². The summed E-state index contributed by atoms with van der Waals surface area (Å²) in [7, 11) is 0. The second-order valence-electron chi connectivity index (χ2n) is 4.81. The summed E-state index contributed by atoms with van der Waals surface area (Å²) in [4.78, 5) is 0. The standard InChI is InChI=1S/C13H17BrFNO/c1-13(5-2-6-17-9-13)16-8-10-3-4-11(15)7-12(10)14/h3-4,7,16H,2,5-6,8-9H2,1H3. The van der Waals surface area contributed by atoms with Crippen molar-refractivity contribution in [2.75, 3.05) is 13.2 Å². The minimum absolute atomic E-state index is 0.0338. The van der Waals surface area contributed by atoms with Crippen molar-refractivity contribution in [3.8, 4) is 0 Å². The van der Waals surface area contributed by atoms with Crippen molar-refractivity contribution in [2.45, 2.75) is 31.8 Å². The zero-order chi connectivity index (χ0) is 12.3. The summed E-state index contributed by atoms with van der Waals surface area (Å²) in [6, 6.07) is 4.79. The first-order valence-electron chi connectivity index (χ1n) is 5.86. The molecule has 0 spiro atoms. The maximum Gasteiger partial charge on any atom is 0.124 e. The molecule has 1 atom stereocenters. The lowest BCUT2D eigenvalue weighted by Gasteiger charge is -2.34. The van der Waals surface area contributed by atoms with Crippen LogP contribution in [0.2, 0.25) is 0 Å². The van der Waals surface area contributed by atoms with E-state index in [9.17, 15) is 4.39 Å². The Morgan fingerprint density at radius 1 is 1.53 bits per heavy atom. The minimum atomic E-state index is -0.215. The van der Waals surface area contributed by atoms with E-state index in [1.807, 2.05) is 0 Å². The average molecular weight is 302 g/mol. The van der Waals surface area contributed by atoms with Gasteiger partial charge in [0, 0.05) is 23.2 Å². The van der Waals surface area contributed by atoms with Crippen LogP contribution < -0.4 is 5.32 Å². The van der Waals surface area contributed by atoms with Crippen LogP contribution in [0.3, 0.4) is 0 Å². The molecule has 1 aromatic carbocycles. The van der Waals surface area contributed by atoms with Gasteiger partial charge in [-0.15, -0.1) is 0 Å². The molecule has 0 saturated carbocycles. The highest BCUT2D eigenvalue weighted by Crippen LogP contribution is 2.22. The monoisotopic (exact) mass is 301 g/mol. The Morgan fingerprint density at radius 3 is 3.00 bits per heavy atom.